The van der Waals surface area contributed by atoms with Crippen molar-refractivity contribution in [3.05, 3.63) is 108 Å². The second-order valence-corrected chi connectivity index (χ2v) is 10.1. The summed E-state index contributed by atoms with van der Waals surface area (Å²) in [6.45, 7) is 3.51. The normalized spacial score (nSPS) is 16.1. The fraction of sp³-hybridized carbons (Fsp3) is 0.0588. The lowest BCUT2D eigenvalue weighted by molar-refractivity contribution is 1.29. The summed E-state index contributed by atoms with van der Waals surface area (Å²) in [5.41, 5.74) is 10.3. The molecule has 3 heterocycles. The molecule has 3 aliphatic heterocycles. The van der Waals surface area contributed by atoms with Crippen LogP contribution in [0.15, 0.2) is 96.9 Å². The van der Waals surface area contributed by atoms with Gasteiger partial charge in [-0.05, 0) is 46.7 Å². The summed E-state index contributed by atoms with van der Waals surface area (Å²) >= 11 is 0. The highest BCUT2D eigenvalue weighted by Crippen LogP contribution is 2.59. The van der Waals surface area contributed by atoms with Crippen LogP contribution in [0.2, 0.25) is 0 Å². The van der Waals surface area contributed by atoms with E-state index in [0.717, 1.165) is 66.1 Å². The molecule has 0 aliphatic carbocycles. The molecule has 36 heavy (non-hydrogen) atoms. The number of nitrogens with zero attached hydrogens (tertiary/aromatic N) is 1. The van der Waals surface area contributed by atoms with Crippen LogP contribution in [0.1, 0.15) is 19.4 Å². The van der Waals surface area contributed by atoms with Gasteiger partial charge in [0.25, 0.3) is 0 Å². The number of fused-ring (bicyclic) bond motifs is 2. The van der Waals surface area contributed by atoms with Crippen molar-refractivity contribution in [3.63, 3.8) is 0 Å². The Kier molecular flexibility index (Phi) is 2.49. The highest BCUT2D eigenvalue weighted by atomic mass is 15.2. The lowest BCUT2D eigenvalue weighted by Crippen LogP contribution is -2.59. The molecule has 0 aromatic heterocycles. The van der Waals surface area contributed by atoms with E-state index in [1.165, 1.54) is 0 Å². The van der Waals surface area contributed by atoms with E-state index in [-0.39, 0.29) is 43.0 Å². The third-order valence-electron chi connectivity index (χ3n) is 8.38. The van der Waals surface area contributed by atoms with Crippen LogP contribution < -0.4 is 21.3 Å². The molecule has 0 fully saturated rings. The van der Waals surface area contributed by atoms with Crippen LogP contribution in [0.4, 0.5) is 17.1 Å². The Morgan fingerprint density at radius 3 is 1.67 bits per heavy atom. The highest BCUT2D eigenvalue weighted by molar-refractivity contribution is 6.99. The van der Waals surface area contributed by atoms with Crippen LogP contribution >= 0.6 is 0 Å². The topological polar surface area (TPSA) is 3.24 Å². The third-order valence-corrected chi connectivity index (χ3v) is 8.38. The first-order valence-electron chi connectivity index (χ1n) is 15.3. The standard InChI is InChI=1S/C34H22BN/c1-19-7-3-8-20(2)31(19)35-27-17-15-21-9-4-11-23-25-13-6-14-26-24-12-5-10-22-16-18-28(35)34(30(22)24)36(32(25)26)33(27)29(21)23/h3-18H,1-2H3/i3D,6D,7D,8D,13D,14D. The smallest absolute Gasteiger partial charge is 0.247 e. The molecule has 0 amide bonds. The van der Waals surface area contributed by atoms with Crippen LogP contribution in [0.25, 0.3) is 43.8 Å². The average molecular weight is 461 g/mol. The lowest BCUT2D eigenvalue weighted by atomic mass is 9.33. The van der Waals surface area contributed by atoms with Crippen molar-refractivity contribution in [2.45, 2.75) is 13.8 Å². The van der Waals surface area contributed by atoms with E-state index in [4.69, 9.17) is 8.22 Å². The number of hydrogen-bond donors (Lipinski definition) is 0. The summed E-state index contributed by atoms with van der Waals surface area (Å²) in [6.07, 6.45) is 0. The summed E-state index contributed by atoms with van der Waals surface area (Å²) in [5.74, 6) is 0. The number of hydrogen-bond acceptors (Lipinski definition) is 1. The van der Waals surface area contributed by atoms with Gasteiger partial charge >= 0.3 is 0 Å². The monoisotopic (exact) mass is 461 g/mol. The summed E-state index contributed by atoms with van der Waals surface area (Å²) in [4.78, 5) is 2.25. The Morgan fingerprint density at radius 1 is 0.583 bits per heavy atom. The van der Waals surface area contributed by atoms with Crippen LogP contribution in [0.3, 0.4) is 0 Å². The van der Waals surface area contributed by atoms with E-state index in [2.05, 4.69) is 41.3 Å². The highest BCUT2D eigenvalue weighted by Gasteiger charge is 2.43. The molecular formula is C34H22BN. The number of anilines is 3. The Labute approximate surface area is 219 Å². The molecule has 6 aromatic rings. The van der Waals surface area contributed by atoms with E-state index < -0.39 is 0 Å². The molecular weight excluding hydrogens is 433 g/mol. The summed E-state index contributed by atoms with van der Waals surface area (Å²) < 4.78 is 53.0. The first-order valence-corrected chi connectivity index (χ1v) is 12.3. The van der Waals surface area contributed by atoms with Gasteiger partial charge in [-0.2, -0.15) is 0 Å². The van der Waals surface area contributed by atoms with E-state index in [1.807, 2.05) is 38.1 Å². The Bertz CT molecular complexity index is 2160. The minimum Gasteiger partial charge on any atom is -0.309 e. The van der Waals surface area contributed by atoms with E-state index in [9.17, 15) is 0 Å². The quantitative estimate of drug-likeness (QED) is 0.241. The first-order chi connectivity index (χ1) is 20.2. The lowest BCUT2D eigenvalue weighted by Gasteiger charge is -2.45. The van der Waals surface area contributed by atoms with Gasteiger partial charge in [0.05, 0.1) is 13.9 Å². The van der Waals surface area contributed by atoms with Gasteiger partial charge in [0.15, 0.2) is 0 Å². The third kappa shape index (κ3) is 2.03. The molecule has 0 bridgehead atoms. The molecule has 0 spiro atoms. The van der Waals surface area contributed by atoms with Crippen LogP contribution in [0, 0.1) is 13.8 Å². The zero-order valence-corrected chi connectivity index (χ0v) is 19.8. The molecule has 3 aliphatic rings. The fourth-order valence-electron chi connectivity index (χ4n) is 7.01. The Morgan fingerprint density at radius 2 is 1.11 bits per heavy atom. The van der Waals surface area contributed by atoms with Gasteiger partial charge in [-0.25, -0.2) is 0 Å². The van der Waals surface area contributed by atoms with Gasteiger partial charge in [-0.1, -0.05) is 114 Å². The van der Waals surface area contributed by atoms with E-state index in [0.29, 0.717) is 22.3 Å². The van der Waals surface area contributed by atoms with Gasteiger partial charge in [-0.3, -0.25) is 0 Å². The zero-order chi connectivity index (χ0) is 28.9. The van der Waals surface area contributed by atoms with Crippen molar-refractivity contribution in [2.24, 2.45) is 0 Å². The van der Waals surface area contributed by atoms with E-state index >= 15 is 0 Å². The minimum absolute atomic E-state index is 0.0498. The molecule has 0 N–H and O–H groups in total. The van der Waals surface area contributed by atoms with Gasteiger partial charge < -0.3 is 4.90 Å². The molecule has 2 heteroatoms. The van der Waals surface area contributed by atoms with Crippen molar-refractivity contribution in [3.8, 4) is 22.3 Å². The van der Waals surface area contributed by atoms with Gasteiger partial charge in [0.2, 0.25) is 6.71 Å². The van der Waals surface area contributed by atoms with Crippen molar-refractivity contribution in [2.75, 3.05) is 4.90 Å². The van der Waals surface area contributed by atoms with Crippen molar-refractivity contribution >= 4 is 61.7 Å². The maximum absolute atomic E-state index is 9.11. The van der Waals surface area contributed by atoms with Crippen LogP contribution in [-0.2, 0) is 0 Å². The maximum Gasteiger partial charge on any atom is 0.247 e. The molecule has 0 unspecified atom stereocenters. The molecule has 0 radical (unpaired) electrons. The van der Waals surface area contributed by atoms with Gasteiger partial charge in [-0.15, -0.1) is 0 Å². The molecule has 166 valence electrons. The predicted molar refractivity (Wildman–Crippen MR) is 155 cm³/mol. The van der Waals surface area contributed by atoms with E-state index in [1.54, 1.807) is 0 Å². The van der Waals surface area contributed by atoms with Crippen molar-refractivity contribution in [1.82, 2.24) is 0 Å². The molecule has 0 atom stereocenters. The molecule has 0 saturated heterocycles. The predicted octanol–water partition coefficient (Wildman–Crippen LogP) is 6.87. The summed E-state index contributed by atoms with van der Waals surface area (Å²) in [6, 6.07) is 20.9. The SMILES string of the molecule is [2H]c1c([2H])c(C)c(B2c3ccc4cccc5c4c3N3c4c-5c([2H])c([2H])c([2H])c4-c4cccc5ccc2c3c45)c(C)c1[2H]. The van der Waals surface area contributed by atoms with Crippen LogP contribution in [0.5, 0.6) is 0 Å². The summed E-state index contributed by atoms with van der Waals surface area (Å²) in [7, 11) is 0. The zero-order valence-electron chi connectivity index (χ0n) is 25.8. The average Bonchev–Trinajstić information content (AvgIpc) is 3.00. The molecule has 0 saturated carbocycles. The largest absolute Gasteiger partial charge is 0.309 e. The summed E-state index contributed by atoms with van der Waals surface area (Å²) in [5, 5.41) is 4.08. The number of rotatable bonds is 1. The number of benzene rings is 6. The van der Waals surface area contributed by atoms with Crippen molar-refractivity contribution in [1.29, 1.82) is 0 Å². The van der Waals surface area contributed by atoms with Crippen molar-refractivity contribution < 1.29 is 8.22 Å². The molecule has 9 rings (SSSR count). The Balaban J connectivity index is 1.58. The Hall–Kier alpha value is -4.30. The molecule has 1 nitrogen and oxygen atoms in total. The minimum atomic E-state index is -0.278. The fourth-order valence-corrected chi connectivity index (χ4v) is 7.01. The second-order valence-electron chi connectivity index (χ2n) is 10.1. The molecule has 6 aromatic carbocycles. The number of para-hydroxylation sites is 1. The maximum atomic E-state index is 9.11. The first kappa shape index (κ1) is 14.3. The van der Waals surface area contributed by atoms with Gasteiger partial charge in [0, 0.05) is 33.3 Å². The van der Waals surface area contributed by atoms with Gasteiger partial charge in [0.1, 0.15) is 0 Å². The second kappa shape index (κ2) is 6.28. The van der Waals surface area contributed by atoms with Crippen LogP contribution in [-0.4, -0.2) is 6.71 Å².